The van der Waals surface area contributed by atoms with Crippen LogP contribution in [-0.2, 0) is 4.79 Å². The third-order valence-corrected chi connectivity index (χ3v) is 4.27. The van der Waals surface area contributed by atoms with Crippen LogP contribution >= 0.6 is 0 Å². The Labute approximate surface area is 129 Å². The Hall–Kier alpha value is -2.17. The molecule has 0 aliphatic carbocycles. The fourth-order valence-electron chi connectivity index (χ4n) is 3.05. The van der Waals surface area contributed by atoms with Gasteiger partial charge in [-0.3, -0.25) is 9.59 Å². The molecule has 0 aromatic heterocycles. The van der Waals surface area contributed by atoms with Crippen LogP contribution in [0.25, 0.3) is 0 Å². The van der Waals surface area contributed by atoms with Crippen LogP contribution in [-0.4, -0.2) is 35.0 Å². The Morgan fingerprint density at radius 3 is 2.82 bits per heavy atom. The van der Waals surface area contributed by atoms with Crippen molar-refractivity contribution in [3.63, 3.8) is 0 Å². The molecule has 118 valence electrons. The van der Waals surface area contributed by atoms with Gasteiger partial charge in [-0.25, -0.2) is 4.39 Å². The zero-order valence-corrected chi connectivity index (χ0v) is 12.6. The molecule has 1 N–H and O–H groups in total. The topological polar surface area (TPSA) is 57.6 Å². The maximum absolute atomic E-state index is 13.2. The van der Waals surface area contributed by atoms with Crippen LogP contribution in [0.3, 0.4) is 0 Å². The molecule has 2 rings (SSSR count). The summed E-state index contributed by atoms with van der Waals surface area (Å²) in [5.41, 5.74) is 0.00487. The van der Waals surface area contributed by atoms with Crippen LogP contribution in [0.4, 0.5) is 4.39 Å². The van der Waals surface area contributed by atoms with Crippen molar-refractivity contribution in [2.24, 2.45) is 5.41 Å². The Morgan fingerprint density at radius 1 is 1.50 bits per heavy atom. The van der Waals surface area contributed by atoms with Crippen LogP contribution in [0, 0.1) is 18.2 Å². The first-order chi connectivity index (χ1) is 10.4. The number of carboxylic acid groups (broad SMARTS) is 1. The van der Waals surface area contributed by atoms with Crippen molar-refractivity contribution in [3.05, 3.63) is 47.8 Å². The molecule has 1 amide bonds. The highest BCUT2D eigenvalue weighted by molar-refractivity contribution is 5.96. The normalized spacial score (nSPS) is 21.5. The van der Waals surface area contributed by atoms with Crippen LogP contribution in [0.2, 0.25) is 0 Å². The van der Waals surface area contributed by atoms with E-state index in [2.05, 4.69) is 6.58 Å². The van der Waals surface area contributed by atoms with Crippen molar-refractivity contribution in [2.75, 3.05) is 13.1 Å². The second kappa shape index (κ2) is 6.30. The molecule has 1 aromatic rings. The Morgan fingerprint density at radius 2 is 2.23 bits per heavy atom. The van der Waals surface area contributed by atoms with Gasteiger partial charge in [-0.1, -0.05) is 6.08 Å². The number of aryl methyl sites for hydroxylation is 1. The van der Waals surface area contributed by atoms with Gasteiger partial charge in [0.25, 0.3) is 5.91 Å². The summed E-state index contributed by atoms with van der Waals surface area (Å²) in [5, 5.41) is 9.55. The third kappa shape index (κ3) is 3.03. The predicted molar refractivity (Wildman–Crippen MR) is 81.2 cm³/mol. The van der Waals surface area contributed by atoms with Gasteiger partial charge in [0.15, 0.2) is 0 Å². The Kier molecular flexibility index (Phi) is 4.64. The summed E-state index contributed by atoms with van der Waals surface area (Å²) in [7, 11) is 0. The number of halogens is 1. The predicted octanol–water partition coefficient (Wildman–Crippen LogP) is 3.02. The molecule has 1 heterocycles. The molecule has 0 spiro atoms. The SMILES string of the molecule is C=CCC1(C(=O)O)CCCN(C(=O)c2ccc(F)cc2C)C1. The van der Waals surface area contributed by atoms with Crippen LogP contribution < -0.4 is 0 Å². The van der Waals surface area contributed by atoms with Gasteiger partial charge in [0.1, 0.15) is 5.82 Å². The molecule has 1 aliphatic rings. The number of carbonyl (C=O) groups is 2. The van der Waals surface area contributed by atoms with E-state index < -0.39 is 11.4 Å². The molecule has 1 atom stereocenters. The van der Waals surface area contributed by atoms with Crippen molar-refractivity contribution >= 4 is 11.9 Å². The number of amides is 1. The van der Waals surface area contributed by atoms with Crippen molar-refractivity contribution in [1.82, 2.24) is 4.90 Å². The number of rotatable bonds is 4. The number of aliphatic carboxylic acids is 1. The average Bonchev–Trinajstić information content (AvgIpc) is 2.47. The number of nitrogens with zero attached hydrogens (tertiary/aromatic N) is 1. The summed E-state index contributed by atoms with van der Waals surface area (Å²) in [6.07, 6.45) is 3.08. The number of benzene rings is 1. The molecule has 22 heavy (non-hydrogen) atoms. The number of allylic oxidation sites excluding steroid dienone is 1. The molecular weight excluding hydrogens is 285 g/mol. The van der Waals surface area contributed by atoms with E-state index in [4.69, 9.17) is 0 Å². The van der Waals surface area contributed by atoms with Gasteiger partial charge in [0, 0.05) is 18.7 Å². The average molecular weight is 305 g/mol. The Bertz CT molecular complexity index is 614. The molecule has 1 unspecified atom stereocenters. The van der Waals surface area contributed by atoms with E-state index in [0.29, 0.717) is 36.9 Å². The minimum atomic E-state index is -0.969. The van der Waals surface area contributed by atoms with Crippen LogP contribution in [0.5, 0.6) is 0 Å². The van der Waals surface area contributed by atoms with Gasteiger partial charge in [0.2, 0.25) is 0 Å². The van der Waals surface area contributed by atoms with Crippen LogP contribution in [0.15, 0.2) is 30.9 Å². The monoisotopic (exact) mass is 305 g/mol. The standard InChI is InChI=1S/C17H20FNO3/c1-3-7-17(16(21)22)8-4-9-19(11-17)15(20)14-6-5-13(18)10-12(14)2/h3,5-6,10H,1,4,7-9,11H2,2H3,(H,21,22). The van der Waals surface area contributed by atoms with Crippen molar-refractivity contribution in [2.45, 2.75) is 26.2 Å². The Balaban J connectivity index is 2.26. The highest BCUT2D eigenvalue weighted by Gasteiger charge is 2.42. The largest absolute Gasteiger partial charge is 0.481 e. The number of carboxylic acids is 1. The lowest BCUT2D eigenvalue weighted by atomic mass is 9.77. The summed E-state index contributed by atoms with van der Waals surface area (Å²) in [6, 6.07) is 4.02. The summed E-state index contributed by atoms with van der Waals surface area (Å²) in [6.45, 7) is 5.97. The number of likely N-dealkylation sites (tertiary alicyclic amines) is 1. The summed E-state index contributed by atoms with van der Waals surface area (Å²) in [4.78, 5) is 25.8. The lowest BCUT2D eigenvalue weighted by molar-refractivity contribution is -0.151. The third-order valence-electron chi connectivity index (χ3n) is 4.27. The molecule has 1 aliphatic heterocycles. The summed E-state index contributed by atoms with van der Waals surface area (Å²) >= 11 is 0. The van der Waals surface area contributed by atoms with E-state index >= 15 is 0 Å². The fraction of sp³-hybridized carbons (Fsp3) is 0.412. The second-order valence-corrected chi connectivity index (χ2v) is 5.87. The van der Waals surface area contributed by atoms with E-state index in [1.165, 1.54) is 18.2 Å². The summed E-state index contributed by atoms with van der Waals surface area (Å²) in [5.74, 6) is -1.54. The molecular formula is C17H20FNO3. The van der Waals surface area contributed by atoms with Gasteiger partial charge >= 0.3 is 5.97 Å². The molecule has 5 heteroatoms. The number of carbonyl (C=O) groups excluding carboxylic acids is 1. The molecule has 1 fully saturated rings. The first-order valence-corrected chi connectivity index (χ1v) is 7.29. The minimum absolute atomic E-state index is 0.157. The fourth-order valence-corrected chi connectivity index (χ4v) is 3.05. The zero-order valence-electron chi connectivity index (χ0n) is 12.6. The molecule has 0 radical (unpaired) electrons. The first-order valence-electron chi connectivity index (χ1n) is 7.29. The number of hydrogen-bond donors (Lipinski definition) is 1. The molecule has 0 saturated carbocycles. The highest BCUT2D eigenvalue weighted by Crippen LogP contribution is 2.35. The summed E-state index contributed by atoms with van der Waals surface area (Å²) < 4.78 is 13.2. The van der Waals surface area contributed by atoms with E-state index in [0.717, 1.165) is 0 Å². The van der Waals surface area contributed by atoms with Crippen LogP contribution in [0.1, 0.15) is 35.2 Å². The quantitative estimate of drug-likeness (QED) is 0.870. The van der Waals surface area contributed by atoms with Gasteiger partial charge in [-0.05, 0) is 49.9 Å². The van der Waals surface area contributed by atoms with Crippen molar-refractivity contribution in [1.29, 1.82) is 0 Å². The molecule has 4 nitrogen and oxygen atoms in total. The van der Waals surface area contributed by atoms with Gasteiger partial charge in [0.05, 0.1) is 5.41 Å². The number of piperidine rings is 1. The molecule has 1 saturated heterocycles. The molecule has 0 bridgehead atoms. The smallest absolute Gasteiger partial charge is 0.311 e. The minimum Gasteiger partial charge on any atom is -0.481 e. The van der Waals surface area contributed by atoms with E-state index in [1.54, 1.807) is 17.9 Å². The van der Waals surface area contributed by atoms with Crippen molar-refractivity contribution < 1.29 is 19.1 Å². The van der Waals surface area contributed by atoms with E-state index in [-0.39, 0.29) is 18.3 Å². The van der Waals surface area contributed by atoms with Gasteiger partial charge < -0.3 is 10.0 Å². The zero-order chi connectivity index (χ0) is 16.3. The second-order valence-electron chi connectivity index (χ2n) is 5.87. The highest BCUT2D eigenvalue weighted by atomic mass is 19.1. The van der Waals surface area contributed by atoms with Crippen molar-refractivity contribution in [3.8, 4) is 0 Å². The van der Waals surface area contributed by atoms with E-state index in [9.17, 15) is 19.1 Å². The molecule has 1 aromatic carbocycles. The lowest BCUT2D eigenvalue weighted by Crippen LogP contribution is -2.49. The maximum Gasteiger partial charge on any atom is 0.311 e. The van der Waals surface area contributed by atoms with Gasteiger partial charge in [-0.15, -0.1) is 6.58 Å². The van der Waals surface area contributed by atoms with Gasteiger partial charge in [-0.2, -0.15) is 0 Å². The lowest BCUT2D eigenvalue weighted by Gasteiger charge is -2.39. The first kappa shape index (κ1) is 16.2. The van der Waals surface area contributed by atoms with E-state index in [1.807, 2.05) is 0 Å². The number of hydrogen-bond acceptors (Lipinski definition) is 2. The maximum atomic E-state index is 13.2.